The molecular formula is C11H16N6. The molecule has 2 atom stereocenters. The first-order valence-corrected chi connectivity index (χ1v) is 5.83. The van der Waals surface area contributed by atoms with Crippen molar-refractivity contribution in [1.82, 2.24) is 19.9 Å². The molecule has 1 saturated carbocycles. The summed E-state index contributed by atoms with van der Waals surface area (Å²) in [4.78, 5) is 17.7. The van der Waals surface area contributed by atoms with Crippen LogP contribution in [0, 0.1) is 11.8 Å². The minimum absolute atomic E-state index is 0.273. The van der Waals surface area contributed by atoms with E-state index in [-0.39, 0.29) is 5.95 Å². The summed E-state index contributed by atoms with van der Waals surface area (Å²) < 4.78 is 0. The third-order valence-electron chi connectivity index (χ3n) is 3.43. The van der Waals surface area contributed by atoms with Crippen LogP contribution in [0.4, 0.5) is 11.8 Å². The molecule has 3 N–H and O–H groups in total. The van der Waals surface area contributed by atoms with Crippen LogP contribution in [-0.2, 0) is 0 Å². The maximum atomic E-state index is 5.69. The second kappa shape index (κ2) is 3.58. The van der Waals surface area contributed by atoms with Gasteiger partial charge >= 0.3 is 0 Å². The number of imidazole rings is 1. The number of nitrogen functional groups attached to an aromatic ring is 1. The van der Waals surface area contributed by atoms with Gasteiger partial charge in [0.25, 0.3) is 0 Å². The van der Waals surface area contributed by atoms with Gasteiger partial charge in [0.15, 0.2) is 11.5 Å². The van der Waals surface area contributed by atoms with Gasteiger partial charge in [0.1, 0.15) is 5.52 Å². The van der Waals surface area contributed by atoms with Crippen LogP contribution in [0.15, 0.2) is 6.33 Å². The van der Waals surface area contributed by atoms with E-state index in [9.17, 15) is 0 Å². The van der Waals surface area contributed by atoms with Gasteiger partial charge in [-0.15, -0.1) is 0 Å². The van der Waals surface area contributed by atoms with Crippen molar-refractivity contribution in [3.63, 3.8) is 0 Å². The van der Waals surface area contributed by atoms with E-state index in [4.69, 9.17) is 5.73 Å². The number of anilines is 2. The van der Waals surface area contributed by atoms with E-state index in [2.05, 4.69) is 31.8 Å². The van der Waals surface area contributed by atoms with Crippen molar-refractivity contribution in [3.05, 3.63) is 6.33 Å². The zero-order chi connectivity index (χ0) is 12.0. The predicted molar refractivity (Wildman–Crippen MR) is 66.6 cm³/mol. The Balaban J connectivity index is 1.94. The van der Waals surface area contributed by atoms with E-state index in [1.165, 1.54) is 6.42 Å². The van der Waals surface area contributed by atoms with Gasteiger partial charge < -0.3 is 15.6 Å². The second-order valence-electron chi connectivity index (χ2n) is 4.86. The van der Waals surface area contributed by atoms with Crippen molar-refractivity contribution >= 4 is 22.9 Å². The molecular weight excluding hydrogens is 216 g/mol. The van der Waals surface area contributed by atoms with Crippen molar-refractivity contribution in [3.8, 4) is 0 Å². The van der Waals surface area contributed by atoms with Crippen LogP contribution in [0.3, 0.4) is 0 Å². The number of nitrogens with two attached hydrogens (primary N) is 1. The lowest BCUT2D eigenvalue weighted by molar-refractivity contribution is 0.721. The number of aromatic nitrogens is 4. The number of hydrogen-bond donors (Lipinski definition) is 2. The first kappa shape index (κ1) is 10.3. The first-order valence-electron chi connectivity index (χ1n) is 5.83. The van der Waals surface area contributed by atoms with E-state index in [0.29, 0.717) is 5.65 Å². The van der Waals surface area contributed by atoms with Gasteiger partial charge in [-0.1, -0.05) is 6.92 Å². The smallest absolute Gasteiger partial charge is 0.224 e. The Morgan fingerprint density at radius 1 is 1.53 bits per heavy atom. The van der Waals surface area contributed by atoms with Crippen LogP contribution >= 0.6 is 0 Å². The Morgan fingerprint density at radius 2 is 2.29 bits per heavy atom. The molecule has 2 heterocycles. The lowest BCUT2D eigenvalue weighted by atomic mass is 10.3. The third kappa shape index (κ3) is 1.79. The van der Waals surface area contributed by atoms with E-state index >= 15 is 0 Å². The molecule has 0 saturated heterocycles. The van der Waals surface area contributed by atoms with Gasteiger partial charge in [0.05, 0.1) is 6.33 Å². The number of aromatic amines is 1. The number of nitrogens with zero attached hydrogens (tertiary/aromatic N) is 4. The average Bonchev–Trinajstić information content (AvgIpc) is 2.78. The molecule has 2 aromatic heterocycles. The summed E-state index contributed by atoms with van der Waals surface area (Å²) in [5, 5.41) is 0. The summed E-state index contributed by atoms with van der Waals surface area (Å²) in [5.74, 6) is 2.71. The van der Waals surface area contributed by atoms with Gasteiger partial charge in [-0.2, -0.15) is 9.97 Å². The highest BCUT2D eigenvalue weighted by molar-refractivity contribution is 5.83. The molecule has 17 heavy (non-hydrogen) atoms. The van der Waals surface area contributed by atoms with Crippen LogP contribution in [-0.4, -0.2) is 33.5 Å². The van der Waals surface area contributed by atoms with Gasteiger partial charge in [-0.25, -0.2) is 4.98 Å². The van der Waals surface area contributed by atoms with Crippen molar-refractivity contribution in [2.75, 3.05) is 24.2 Å². The first-order chi connectivity index (χ1) is 8.15. The van der Waals surface area contributed by atoms with Crippen molar-refractivity contribution in [2.45, 2.75) is 13.3 Å². The van der Waals surface area contributed by atoms with Crippen LogP contribution in [0.1, 0.15) is 13.3 Å². The minimum Gasteiger partial charge on any atom is -0.368 e. The zero-order valence-electron chi connectivity index (χ0n) is 10.0. The third-order valence-corrected chi connectivity index (χ3v) is 3.43. The Kier molecular flexibility index (Phi) is 2.17. The maximum absolute atomic E-state index is 5.69. The van der Waals surface area contributed by atoms with Gasteiger partial charge in [-0.3, -0.25) is 0 Å². The molecule has 2 aromatic rings. The Hall–Kier alpha value is -1.85. The second-order valence-corrected chi connectivity index (χ2v) is 4.86. The molecule has 0 aliphatic heterocycles. The standard InChI is InChI=1S/C11H16N6/c1-6-3-7(6)4-17(2)10-8-9(14-5-13-8)15-11(12)16-10/h5-7H,3-4H2,1-2H3,(H3,12,13,14,15,16). The monoisotopic (exact) mass is 232 g/mol. The Bertz CT molecular complexity index is 548. The summed E-state index contributed by atoms with van der Waals surface area (Å²) >= 11 is 0. The summed E-state index contributed by atoms with van der Waals surface area (Å²) in [5.41, 5.74) is 7.18. The lowest BCUT2D eigenvalue weighted by Gasteiger charge is -2.18. The molecule has 0 spiro atoms. The molecule has 6 heteroatoms. The van der Waals surface area contributed by atoms with Crippen LogP contribution in [0.25, 0.3) is 11.2 Å². The highest BCUT2D eigenvalue weighted by atomic mass is 15.2. The quantitative estimate of drug-likeness (QED) is 0.825. The number of rotatable bonds is 3. The largest absolute Gasteiger partial charge is 0.368 e. The summed E-state index contributed by atoms with van der Waals surface area (Å²) in [7, 11) is 2.03. The summed E-state index contributed by atoms with van der Waals surface area (Å²) in [6, 6.07) is 0. The molecule has 0 amide bonds. The predicted octanol–water partition coefficient (Wildman–Crippen LogP) is 1.03. The van der Waals surface area contributed by atoms with Crippen molar-refractivity contribution in [2.24, 2.45) is 11.8 Å². The molecule has 1 fully saturated rings. The molecule has 1 aliphatic carbocycles. The number of hydrogen-bond acceptors (Lipinski definition) is 5. The highest BCUT2D eigenvalue weighted by Gasteiger charge is 2.33. The lowest BCUT2D eigenvalue weighted by Crippen LogP contribution is -2.22. The fourth-order valence-corrected chi connectivity index (χ4v) is 2.20. The number of H-pyrrole nitrogens is 1. The van der Waals surface area contributed by atoms with E-state index < -0.39 is 0 Å². The molecule has 90 valence electrons. The Labute approximate surface area is 99.3 Å². The van der Waals surface area contributed by atoms with Crippen LogP contribution in [0.2, 0.25) is 0 Å². The van der Waals surface area contributed by atoms with Crippen LogP contribution in [0.5, 0.6) is 0 Å². The zero-order valence-corrected chi connectivity index (χ0v) is 10.0. The fourth-order valence-electron chi connectivity index (χ4n) is 2.20. The van der Waals surface area contributed by atoms with E-state index in [1.807, 2.05) is 7.05 Å². The molecule has 3 rings (SSSR count). The SMILES string of the molecule is CC1CC1CN(C)c1nc(N)nc2nc[nH]c12. The van der Waals surface area contributed by atoms with Gasteiger partial charge in [-0.05, 0) is 18.3 Å². The summed E-state index contributed by atoms with van der Waals surface area (Å²) in [6.45, 7) is 3.28. The van der Waals surface area contributed by atoms with E-state index in [1.54, 1.807) is 6.33 Å². The van der Waals surface area contributed by atoms with Crippen molar-refractivity contribution < 1.29 is 0 Å². The molecule has 0 aromatic carbocycles. The molecule has 2 unspecified atom stereocenters. The summed E-state index contributed by atoms with van der Waals surface area (Å²) in [6.07, 6.45) is 2.92. The maximum Gasteiger partial charge on any atom is 0.224 e. The fraction of sp³-hybridized carbons (Fsp3) is 0.545. The van der Waals surface area contributed by atoms with Gasteiger partial charge in [0, 0.05) is 13.6 Å². The molecule has 0 radical (unpaired) electrons. The van der Waals surface area contributed by atoms with Gasteiger partial charge in [0.2, 0.25) is 5.95 Å². The van der Waals surface area contributed by atoms with Crippen molar-refractivity contribution in [1.29, 1.82) is 0 Å². The molecule has 6 nitrogen and oxygen atoms in total. The number of nitrogens with one attached hydrogen (secondary N) is 1. The highest BCUT2D eigenvalue weighted by Crippen LogP contribution is 2.38. The molecule has 0 bridgehead atoms. The topological polar surface area (TPSA) is 83.7 Å². The Morgan fingerprint density at radius 3 is 3.00 bits per heavy atom. The normalized spacial score (nSPS) is 22.9. The average molecular weight is 232 g/mol. The molecule has 1 aliphatic rings. The van der Waals surface area contributed by atoms with Crippen LogP contribution < -0.4 is 10.6 Å². The number of fused-ring (bicyclic) bond motifs is 1. The minimum atomic E-state index is 0.273. The van der Waals surface area contributed by atoms with E-state index in [0.717, 1.165) is 29.7 Å².